The van der Waals surface area contributed by atoms with Gasteiger partial charge in [0.15, 0.2) is 5.82 Å². The number of aryl methyl sites for hydroxylation is 3. The molecule has 28 heavy (non-hydrogen) atoms. The van der Waals surface area contributed by atoms with Crippen molar-refractivity contribution in [2.45, 2.75) is 31.2 Å². The summed E-state index contributed by atoms with van der Waals surface area (Å²) in [7, 11) is 2.00. The first kappa shape index (κ1) is 17.7. The van der Waals surface area contributed by atoms with Gasteiger partial charge in [0.1, 0.15) is 17.9 Å². The third-order valence-electron chi connectivity index (χ3n) is 5.61. The van der Waals surface area contributed by atoms with Gasteiger partial charge in [0.05, 0.1) is 30.5 Å². The largest absolute Gasteiger partial charge is 0.377 e. The van der Waals surface area contributed by atoms with Crippen LogP contribution in [0.2, 0.25) is 0 Å². The molecule has 0 radical (unpaired) electrons. The molecule has 0 aromatic carbocycles. The van der Waals surface area contributed by atoms with Crippen LogP contribution in [0.5, 0.6) is 0 Å². The molecule has 0 aliphatic carbocycles. The lowest BCUT2D eigenvalue weighted by molar-refractivity contribution is 0.182. The molecule has 0 amide bonds. The molecule has 146 valence electrons. The van der Waals surface area contributed by atoms with Crippen molar-refractivity contribution in [2.75, 3.05) is 24.3 Å². The highest BCUT2D eigenvalue weighted by Crippen LogP contribution is 2.27. The summed E-state index contributed by atoms with van der Waals surface area (Å²) in [5.41, 5.74) is 5.00. The first-order valence-electron chi connectivity index (χ1n) is 9.42. The standard InChI is InChI=1S/C19H22N6O2S/c1-11-5-14-18(24(11)2)19(21-10-20-14)22-15-7-27-8-16(15)25-17(26)6-12-9-28-4-3-13(12)23-25/h5-6,10,15-16H,3-4,7-9H2,1-2H3,(H,20,21,22). The van der Waals surface area contributed by atoms with Gasteiger partial charge in [-0.1, -0.05) is 0 Å². The number of hydrogen-bond acceptors (Lipinski definition) is 7. The number of fused-ring (bicyclic) bond motifs is 2. The highest BCUT2D eigenvalue weighted by atomic mass is 32.2. The van der Waals surface area contributed by atoms with E-state index in [-0.39, 0.29) is 17.6 Å². The van der Waals surface area contributed by atoms with Crippen LogP contribution in [0.3, 0.4) is 0 Å². The molecule has 0 bridgehead atoms. The van der Waals surface area contributed by atoms with Crippen molar-refractivity contribution >= 4 is 28.6 Å². The Balaban J connectivity index is 1.50. The highest BCUT2D eigenvalue weighted by molar-refractivity contribution is 7.98. The van der Waals surface area contributed by atoms with Gasteiger partial charge in [-0.2, -0.15) is 16.9 Å². The van der Waals surface area contributed by atoms with Crippen LogP contribution < -0.4 is 10.9 Å². The van der Waals surface area contributed by atoms with Gasteiger partial charge in [0, 0.05) is 31.0 Å². The van der Waals surface area contributed by atoms with Gasteiger partial charge >= 0.3 is 0 Å². The number of nitrogens with one attached hydrogen (secondary N) is 1. The summed E-state index contributed by atoms with van der Waals surface area (Å²) < 4.78 is 9.40. The summed E-state index contributed by atoms with van der Waals surface area (Å²) in [6, 6.07) is 3.53. The Hall–Kier alpha value is -2.39. The van der Waals surface area contributed by atoms with Crippen LogP contribution in [0.15, 0.2) is 23.3 Å². The van der Waals surface area contributed by atoms with Crippen LogP contribution in [-0.4, -0.2) is 49.3 Å². The minimum atomic E-state index is -0.168. The second-order valence-electron chi connectivity index (χ2n) is 7.36. The molecule has 5 heterocycles. The molecular weight excluding hydrogens is 376 g/mol. The molecule has 5 rings (SSSR count). The van der Waals surface area contributed by atoms with Crippen LogP contribution in [0.1, 0.15) is 23.0 Å². The number of ether oxygens (including phenoxy) is 1. The lowest BCUT2D eigenvalue weighted by atomic mass is 10.1. The van der Waals surface area contributed by atoms with Crippen molar-refractivity contribution < 1.29 is 4.74 Å². The minimum Gasteiger partial charge on any atom is -0.377 e. The molecule has 8 nitrogen and oxygen atoms in total. The molecule has 0 saturated carbocycles. The van der Waals surface area contributed by atoms with Crippen molar-refractivity contribution in [3.63, 3.8) is 0 Å². The number of nitrogens with zero attached hydrogens (tertiary/aromatic N) is 5. The normalized spacial score (nSPS) is 21.8. The van der Waals surface area contributed by atoms with E-state index < -0.39 is 0 Å². The molecule has 1 saturated heterocycles. The third kappa shape index (κ3) is 2.89. The van der Waals surface area contributed by atoms with Gasteiger partial charge in [0.2, 0.25) is 0 Å². The van der Waals surface area contributed by atoms with E-state index in [2.05, 4.69) is 19.9 Å². The van der Waals surface area contributed by atoms with Gasteiger partial charge in [-0.05, 0) is 24.3 Å². The fraction of sp³-hybridized carbons (Fsp3) is 0.474. The van der Waals surface area contributed by atoms with Crippen LogP contribution in [0.25, 0.3) is 11.0 Å². The Bertz CT molecular complexity index is 1110. The predicted molar refractivity (Wildman–Crippen MR) is 109 cm³/mol. The van der Waals surface area contributed by atoms with Gasteiger partial charge in [-0.15, -0.1) is 0 Å². The smallest absolute Gasteiger partial charge is 0.267 e. The van der Waals surface area contributed by atoms with E-state index in [9.17, 15) is 4.79 Å². The van der Waals surface area contributed by atoms with Gasteiger partial charge in [-0.25, -0.2) is 14.6 Å². The van der Waals surface area contributed by atoms with Crippen molar-refractivity contribution in [1.29, 1.82) is 0 Å². The van der Waals surface area contributed by atoms with Gasteiger partial charge in [0.25, 0.3) is 5.56 Å². The first-order chi connectivity index (χ1) is 13.6. The van der Waals surface area contributed by atoms with Crippen molar-refractivity contribution in [1.82, 2.24) is 24.3 Å². The maximum atomic E-state index is 12.7. The third-order valence-corrected chi connectivity index (χ3v) is 6.62. The number of anilines is 1. The van der Waals surface area contributed by atoms with E-state index >= 15 is 0 Å². The average molecular weight is 398 g/mol. The molecule has 1 N–H and O–H groups in total. The molecule has 9 heteroatoms. The Kier molecular flexibility index (Phi) is 4.36. The molecule has 3 aromatic rings. The maximum absolute atomic E-state index is 12.7. The van der Waals surface area contributed by atoms with Gasteiger partial charge in [-0.3, -0.25) is 4.79 Å². The molecule has 0 spiro atoms. The lowest BCUT2D eigenvalue weighted by Gasteiger charge is -2.23. The van der Waals surface area contributed by atoms with Crippen molar-refractivity contribution in [3.8, 4) is 0 Å². The van der Waals surface area contributed by atoms with Crippen molar-refractivity contribution in [3.05, 3.63) is 45.8 Å². The quantitative estimate of drug-likeness (QED) is 0.718. The fourth-order valence-corrected chi connectivity index (χ4v) is 4.92. The number of hydrogen-bond donors (Lipinski definition) is 1. The van der Waals surface area contributed by atoms with E-state index in [0.29, 0.717) is 13.2 Å². The van der Waals surface area contributed by atoms with Crippen LogP contribution in [-0.2, 0) is 24.0 Å². The van der Waals surface area contributed by atoms with E-state index in [4.69, 9.17) is 9.84 Å². The van der Waals surface area contributed by atoms with E-state index in [0.717, 1.165) is 51.7 Å². The molecule has 2 aliphatic rings. The lowest BCUT2D eigenvalue weighted by Crippen LogP contribution is -2.38. The van der Waals surface area contributed by atoms with Gasteiger partial charge < -0.3 is 14.6 Å². The van der Waals surface area contributed by atoms with E-state index in [1.165, 1.54) is 0 Å². The second-order valence-corrected chi connectivity index (χ2v) is 8.46. The number of rotatable bonds is 3. The monoisotopic (exact) mass is 398 g/mol. The molecule has 2 atom stereocenters. The fourth-order valence-electron chi connectivity index (χ4n) is 3.97. The number of aromatic nitrogens is 5. The van der Waals surface area contributed by atoms with Crippen LogP contribution in [0, 0.1) is 6.92 Å². The predicted octanol–water partition coefficient (Wildman–Crippen LogP) is 1.67. The average Bonchev–Trinajstić information content (AvgIpc) is 3.26. The second kappa shape index (κ2) is 6.89. The highest BCUT2D eigenvalue weighted by Gasteiger charge is 2.33. The summed E-state index contributed by atoms with van der Waals surface area (Å²) in [6.45, 7) is 3.00. The Morgan fingerprint density at radius 3 is 3.07 bits per heavy atom. The summed E-state index contributed by atoms with van der Waals surface area (Å²) in [5, 5.41) is 8.20. The molecule has 1 fully saturated rings. The van der Waals surface area contributed by atoms with E-state index in [1.54, 1.807) is 17.1 Å². The Labute approximate surface area is 166 Å². The molecule has 2 aliphatic heterocycles. The summed E-state index contributed by atoms with van der Waals surface area (Å²) in [4.78, 5) is 21.5. The maximum Gasteiger partial charge on any atom is 0.267 e. The van der Waals surface area contributed by atoms with E-state index in [1.807, 2.05) is 31.8 Å². The topological polar surface area (TPSA) is 86.9 Å². The zero-order valence-electron chi connectivity index (χ0n) is 15.9. The number of thioether (sulfide) groups is 1. The van der Waals surface area contributed by atoms with Crippen LogP contribution >= 0.6 is 11.8 Å². The summed E-state index contributed by atoms with van der Waals surface area (Å²) in [5.74, 6) is 2.67. The Morgan fingerprint density at radius 1 is 1.29 bits per heavy atom. The molecule has 3 aromatic heterocycles. The SMILES string of the molecule is Cc1cc2ncnc(NC3COCC3n3nc4c(cc3=O)CSCC4)c2n1C. The van der Waals surface area contributed by atoms with Crippen molar-refractivity contribution in [2.24, 2.45) is 7.05 Å². The summed E-state index contributed by atoms with van der Waals surface area (Å²) in [6.07, 6.45) is 2.47. The summed E-state index contributed by atoms with van der Waals surface area (Å²) >= 11 is 1.85. The van der Waals surface area contributed by atoms with Crippen LogP contribution in [0.4, 0.5) is 5.82 Å². The Morgan fingerprint density at radius 2 is 2.18 bits per heavy atom. The first-order valence-corrected chi connectivity index (χ1v) is 10.6. The minimum absolute atomic E-state index is 0.0638. The zero-order valence-corrected chi connectivity index (χ0v) is 16.7. The zero-order chi connectivity index (χ0) is 19.3. The molecule has 2 unspecified atom stereocenters. The molecular formula is C19H22N6O2S.